The molecule has 2 aromatic carbocycles. The number of hydrogen-bond donors (Lipinski definition) is 1. The normalized spacial score (nSPS) is 13.2. The Morgan fingerprint density at radius 2 is 0.931 bits per heavy atom. The van der Waals surface area contributed by atoms with Crippen molar-refractivity contribution >= 4 is 20.0 Å². The van der Waals surface area contributed by atoms with Gasteiger partial charge in [-0.25, -0.2) is 16.8 Å². The number of benzene rings is 2. The largest absolute Gasteiger partial charge is 0.573 e. The van der Waals surface area contributed by atoms with Crippen molar-refractivity contribution in [1.29, 1.82) is 0 Å². The van der Waals surface area contributed by atoms with Gasteiger partial charge < -0.3 is 9.47 Å². The molecule has 0 bridgehead atoms. The predicted molar refractivity (Wildman–Crippen MR) is 83.8 cm³/mol. The maximum Gasteiger partial charge on any atom is 0.573 e. The van der Waals surface area contributed by atoms with Gasteiger partial charge in [0.15, 0.2) is 0 Å². The van der Waals surface area contributed by atoms with E-state index in [1.54, 1.807) is 0 Å². The SMILES string of the molecule is O=S(=O)(NS(=O)(=O)c1ccccc1OC(F)(F)F)c1ccccc1OC(F)(F)F. The lowest BCUT2D eigenvalue weighted by Crippen LogP contribution is -2.32. The van der Waals surface area contributed by atoms with E-state index >= 15 is 0 Å². The lowest BCUT2D eigenvalue weighted by molar-refractivity contribution is -0.276. The van der Waals surface area contributed by atoms with Gasteiger partial charge in [-0.05, 0) is 24.3 Å². The van der Waals surface area contributed by atoms with Crippen LogP contribution in [0.4, 0.5) is 26.3 Å². The van der Waals surface area contributed by atoms with Gasteiger partial charge in [0.25, 0.3) is 20.0 Å². The molecule has 0 fully saturated rings. The summed E-state index contributed by atoms with van der Waals surface area (Å²) >= 11 is 0. The van der Waals surface area contributed by atoms with Crippen LogP contribution in [0.25, 0.3) is 0 Å². The predicted octanol–water partition coefficient (Wildman–Crippen LogP) is 3.15. The van der Waals surface area contributed by atoms with Crippen LogP contribution in [-0.4, -0.2) is 29.6 Å². The summed E-state index contributed by atoms with van der Waals surface area (Å²) < 4.78 is 132. The Hall–Kier alpha value is -2.52. The van der Waals surface area contributed by atoms with Crippen LogP contribution in [0.15, 0.2) is 58.3 Å². The lowest BCUT2D eigenvalue weighted by Gasteiger charge is -2.16. The van der Waals surface area contributed by atoms with E-state index in [0.717, 1.165) is 28.4 Å². The summed E-state index contributed by atoms with van der Waals surface area (Å²) in [5.74, 6) is -2.50. The zero-order chi connectivity index (χ0) is 22.1. The van der Waals surface area contributed by atoms with E-state index in [1.165, 1.54) is 0 Å². The molecular formula is C14H9F6NO6S2. The zero-order valence-corrected chi connectivity index (χ0v) is 15.3. The Kier molecular flexibility index (Phi) is 6.06. The van der Waals surface area contributed by atoms with E-state index < -0.39 is 54.1 Å². The maximum atomic E-state index is 12.4. The number of para-hydroxylation sites is 2. The molecule has 0 aliphatic rings. The average Bonchev–Trinajstić information content (AvgIpc) is 2.51. The number of ether oxygens (including phenoxy) is 2. The first-order valence-electron chi connectivity index (χ1n) is 7.09. The number of rotatable bonds is 6. The first kappa shape index (κ1) is 22.8. The number of nitrogens with one attached hydrogen (secondary N) is 1. The minimum atomic E-state index is -5.29. The van der Waals surface area contributed by atoms with Crippen molar-refractivity contribution in [2.45, 2.75) is 22.5 Å². The first-order chi connectivity index (χ1) is 13.1. The Morgan fingerprint density at radius 1 is 0.621 bits per heavy atom. The molecule has 7 nitrogen and oxygen atoms in total. The number of alkyl halides is 6. The Bertz CT molecular complexity index is 1010. The summed E-state index contributed by atoms with van der Waals surface area (Å²) in [4.78, 5) is -2.43. The molecule has 2 rings (SSSR count). The van der Waals surface area contributed by atoms with Gasteiger partial charge >= 0.3 is 12.7 Å². The fourth-order valence-electron chi connectivity index (χ4n) is 2.00. The molecule has 0 aromatic heterocycles. The highest BCUT2D eigenvalue weighted by Crippen LogP contribution is 2.32. The zero-order valence-electron chi connectivity index (χ0n) is 13.7. The molecule has 0 saturated carbocycles. The van der Waals surface area contributed by atoms with Crippen molar-refractivity contribution < 1.29 is 52.7 Å². The molecule has 160 valence electrons. The lowest BCUT2D eigenvalue weighted by atomic mass is 10.3. The van der Waals surface area contributed by atoms with Crippen molar-refractivity contribution in [2.24, 2.45) is 0 Å². The Morgan fingerprint density at radius 3 is 1.24 bits per heavy atom. The fraction of sp³-hybridized carbons (Fsp3) is 0.143. The van der Waals surface area contributed by atoms with Crippen molar-refractivity contribution in [3.8, 4) is 11.5 Å². The first-order valence-corrected chi connectivity index (χ1v) is 10.1. The molecule has 0 radical (unpaired) electrons. The molecule has 0 atom stereocenters. The van der Waals surface area contributed by atoms with E-state index in [9.17, 15) is 43.2 Å². The fourth-order valence-corrected chi connectivity index (χ4v) is 5.13. The molecule has 0 unspecified atom stereocenters. The molecule has 1 N–H and O–H groups in total. The molecule has 0 aliphatic carbocycles. The second-order valence-electron chi connectivity index (χ2n) is 5.08. The molecule has 15 heteroatoms. The second-order valence-corrected chi connectivity index (χ2v) is 8.64. The van der Waals surface area contributed by atoms with E-state index in [-0.39, 0.29) is 0 Å². The summed E-state index contributed by atoms with van der Waals surface area (Å²) in [5.41, 5.74) is 0. The molecule has 0 amide bonds. The van der Waals surface area contributed by atoms with Crippen LogP contribution < -0.4 is 13.6 Å². The monoisotopic (exact) mass is 465 g/mol. The van der Waals surface area contributed by atoms with Crippen molar-refractivity contribution in [3.05, 3.63) is 48.5 Å². The Balaban J connectivity index is 2.47. The van der Waals surface area contributed by atoms with Gasteiger partial charge in [-0.2, -0.15) is 0 Å². The van der Waals surface area contributed by atoms with Crippen LogP contribution in [-0.2, 0) is 20.0 Å². The molecular weight excluding hydrogens is 456 g/mol. The van der Waals surface area contributed by atoms with Gasteiger partial charge in [-0.1, -0.05) is 24.3 Å². The van der Waals surface area contributed by atoms with Gasteiger partial charge in [-0.3, -0.25) is 0 Å². The highest BCUT2D eigenvalue weighted by molar-refractivity contribution is 8.04. The molecule has 0 spiro atoms. The van der Waals surface area contributed by atoms with Crippen LogP contribution in [0, 0.1) is 0 Å². The van der Waals surface area contributed by atoms with Gasteiger partial charge in [-0.15, -0.1) is 30.5 Å². The van der Waals surface area contributed by atoms with Crippen LogP contribution in [0.3, 0.4) is 0 Å². The highest BCUT2D eigenvalue weighted by Gasteiger charge is 2.37. The molecule has 2 aromatic rings. The third kappa shape index (κ3) is 6.23. The number of hydrogen-bond acceptors (Lipinski definition) is 6. The maximum absolute atomic E-state index is 12.4. The van der Waals surface area contributed by atoms with Crippen molar-refractivity contribution in [3.63, 3.8) is 0 Å². The Labute approximate surface area is 160 Å². The second kappa shape index (κ2) is 7.72. The molecule has 29 heavy (non-hydrogen) atoms. The van der Waals surface area contributed by atoms with Gasteiger partial charge in [0.1, 0.15) is 21.3 Å². The summed E-state index contributed by atoms with van der Waals surface area (Å²) in [6.07, 6.45) is -10.6. The van der Waals surface area contributed by atoms with E-state index in [1.807, 2.05) is 0 Å². The van der Waals surface area contributed by atoms with E-state index in [2.05, 4.69) is 9.47 Å². The number of halogens is 6. The molecule has 0 heterocycles. The third-order valence-corrected chi connectivity index (χ3v) is 6.54. The standard InChI is InChI=1S/C14H9F6NO6S2/c15-13(16,17)26-9-5-1-3-7-11(9)28(22,23)21-29(24,25)12-8-4-2-6-10(12)27-14(18,19)20/h1-8,21H. The number of sulfonamides is 2. The third-order valence-electron chi connectivity index (χ3n) is 2.95. The highest BCUT2D eigenvalue weighted by atomic mass is 32.3. The molecule has 0 saturated heterocycles. The topological polar surface area (TPSA) is 98.8 Å². The summed E-state index contributed by atoms with van der Waals surface area (Å²) in [5, 5.41) is 0. The van der Waals surface area contributed by atoms with E-state index in [0.29, 0.717) is 24.3 Å². The van der Waals surface area contributed by atoms with Crippen molar-refractivity contribution in [2.75, 3.05) is 0 Å². The summed E-state index contributed by atoms with van der Waals surface area (Å²) in [7, 11) is -10.5. The smallest absolute Gasteiger partial charge is 0.404 e. The van der Waals surface area contributed by atoms with Crippen LogP contribution in [0.5, 0.6) is 11.5 Å². The van der Waals surface area contributed by atoms with Crippen molar-refractivity contribution in [1.82, 2.24) is 4.13 Å². The van der Waals surface area contributed by atoms with E-state index in [4.69, 9.17) is 0 Å². The van der Waals surface area contributed by atoms with Crippen LogP contribution in [0.2, 0.25) is 0 Å². The van der Waals surface area contributed by atoms with Crippen LogP contribution in [0.1, 0.15) is 0 Å². The van der Waals surface area contributed by atoms with Gasteiger partial charge in [0.05, 0.1) is 0 Å². The minimum Gasteiger partial charge on any atom is -0.404 e. The quantitative estimate of drug-likeness (QED) is 0.659. The van der Waals surface area contributed by atoms with Gasteiger partial charge in [0.2, 0.25) is 0 Å². The average molecular weight is 465 g/mol. The van der Waals surface area contributed by atoms with Crippen LogP contribution >= 0.6 is 0 Å². The minimum absolute atomic E-state index is 0.607. The summed E-state index contributed by atoms with van der Waals surface area (Å²) in [6.45, 7) is 0. The molecule has 0 aliphatic heterocycles. The van der Waals surface area contributed by atoms with Gasteiger partial charge in [0, 0.05) is 0 Å². The summed E-state index contributed by atoms with van der Waals surface area (Å²) in [6, 6.07) is 6.36.